The molecule has 1 N–H and O–H groups in total. The lowest BCUT2D eigenvalue weighted by molar-refractivity contribution is -0.385. The van der Waals surface area contributed by atoms with Crippen molar-refractivity contribution in [1.29, 1.82) is 0 Å². The summed E-state index contributed by atoms with van der Waals surface area (Å²) < 4.78 is 16.6. The number of carbonyl (C=O) groups excluding carboxylic acids is 1. The van der Waals surface area contributed by atoms with E-state index in [-0.39, 0.29) is 22.1 Å². The Morgan fingerprint density at radius 2 is 1.50 bits per heavy atom. The minimum absolute atomic E-state index is 0.0331. The van der Waals surface area contributed by atoms with Gasteiger partial charge < -0.3 is 10.1 Å². The highest BCUT2D eigenvalue weighted by atomic mass is 32.2. The Bertz CT molecular complexity index is 1130. The van der Waals surface area contributed by atoms with Gasteiger partial charge >= 0.3 is 6.09 Å². The van der Waals surface area contributed by atoms with Crippen molar-refractivity contribution in [3.05, 3.63) is 78.9 Å². The summed E-state index contributed by atoms with van der Waals surface area (Å²) in [4.78, 5) is 32.2. The van der Waals surface area contributed by atoms with Crippen LogP contribution in [-0.4, -0.2) is 44.8 Å². The predicted molar refractivity (Wildman–Crippen MR) is 153 cm³/mol. The van der Waals surface area contributed by atoms with E-state index in [0.29, 0.717) is 18.5 Å². The smallest absolute Gasteiger partial charge is 0.407 e. The number of nitrogens with zero attached hydrogens (tertiary/aromatic N) is 2. The number of alkyl carbamates (subject to hydrolysis) is 1. The molecule has 2 rings (SSSR count). The van der Waals surface area contributed by atoms with Crippen LogP contribution in [-0.2, 0) is 39.9 Å². The van der Waals surface area contributed by atoms with Crippen molar-refractivity contribution in [2.24, 2.45) is 0 Å². The molecule has 1 amide bonds. The lowest BCUT2D eigenvalue weighted by Gasteiger charge is -2.19. The van der Waals surface area contributed by atoms with Crippen LogP contribution >= 0.6 is 11.8 Å². The van der Waals surface area contributed by atoms with E-state index < -0.39 is 27.4 Å². The van der Waals surface area contributed by atoms with Crippen LogP contribution in [0.2, 0.25) is 0 Å². The standard InChI is InChI=1S/C15H22N2O5S.C11H15NO2S/c1-15(2,3)22-14(18)16-8-7-11-5-6-13(17(19)20)9-12(11)10-23(4)21;1-3-4-9-5-6-11(12(13)14)7-10(9)8-15-2/h5-6,9H,7-8,10H2,1-4H3,(H,16,18);5-7H,3-4,8H2,1-2H3. The highest BCUT2D eigenvalue weighted by Gasteiger charge is 2.16. The van der Waals surface area contributed by atoms with Crippen molar-refractivity contribution in [1.82, 2.24) is 5.32 Å². The van der Waals surface area contributed by atoms with Crippen LogP contribution in [0.25, 0.3) is 0 Å². The van der Waals surface area contributed by atoms with E-state index in [4.69, 9.17) is 4.74 Å². The van der Waals surface area contributed by atoms with Gasteiger partial charge in [-0.1, -0.05) is 25.5 Å². The average Bonchev–Trinajstić information content (AvgIpc) is 2.80. The number of aryl methyl sites for hydroxylation is 1. The number of rotatable bonds is 11. The van der Waals surface area contributed by atoms with Gasteiger partial charge in [0.2, 0.25) is 0 Å². The van der Waals surface area contributed by atoms with Crippen molar-refractivity contribution < 1.29 is 23.6 Å². The molecule has 0 aliphatic heterocycles. The number of ether oxygens (including phenoxy) is 1. The normalized spacial score (nSPS) is 11.6. The van der Waals surface area contributed by atoms with Crippen molar-refractivity contribution in [2.75, 3.05) is 19.1 Å². The van der Waals surface area contributed by atoms with Gasteiger partial charge in [-0.05, 0) is 62.1 Å². The monoisotopic (exact) mass is 567 g/mol. The van der Waals surface area contributed by atoms with Gasteiger partial charge in [-0.25, -0.2) is 4.79 Å². The number of hydrogen-bond acceptors (Lipinski definition) is 8. The molecule has 0 radical (unpaired) electrons. The molecule has 0 aliphatic rings. The molecule has 0 fully saturated rings. The van der Waals surface area contributed by atoms with E-state index in [2.05, 4.69) is 12.2 Å². The topological polar surface area (TPSA) is 142 Å². The highest BCUT2D eigenvalue weighted by Crippen LogP contribution is 2.22. The fourth-order valence-electron chi connectivity index (χ4n) is 3.47. The van der Waals surface area contributed by atoms with Gasteiger partial charge in [0.05, 0.1) is 9.85 Å². The lowest BCUT2D eigenvalue weighted by atomic mass is 10.0. The maximum Gasteiger partial charge on any atom is 0.407 e. The molecular weight excluding hydrogens is 530 g/mol. The minimum atomic E-state index is -1.11. The molecule has 38 heavy (non-hydrogen) atoms. The van der Waals surface area contributed by atoms with Crippen molar-refractivity contribution >= 4 is 40.0 Å². The minimum Gasteiger partial charge on any atom is -0.444 e. The van der Waals surface area contributed by atoms with Gasteiger partial charge in [0, 0.05) is 59.4 Å². The van der Waals surface area contributed by atoms with Crippen molar-refractivity contribution in [3.8, 4) is 0 Å². The zero-order valence-corrected chi connectivity index (χ0v) is 24.4. The molecule has 1 atom stereocenters. The number of amides is 1. The first-order valence-electron chi connectivity index (χ1n) is 12.1. The number of nitro benzene ring substituents is 2. The number of hydrogen-bond donors (Lipinski definition) is 1. The van der Waals surface area contributed by atoms with E-state index in [0.717, 1.165) is 29.7 Å². The summed E-state index contributed by atoms with van der Waals surface area (Å²) in [6, 6.07) is 9.65. The second-order valence-electron chi connectivity index (χ2n) is 9.50. The van der Waals surface area contributed by atoms with Gasteiger partial charge in [0.1, 0.15) is 5.60 Å². The number of carbonyl (C=O) groups is 1. The summed E-state index contributed by atoms with van der Waals surface area (Å²) in [5, 5.41) is 24.1. The van der Waals surface area contributed by atoms with Crippen LogP contribution < -0.4 is 5.32 Å². The Labute approximate surface area is 230 Å². The summed E-state index contributed by atoms with van der Waals surface area (Å²) >= 11 is 1.69. The summed E-state index contributed by atoms with van der Waals surface area (Å²) in [6.45, 7) is 7.77. The predicted octanol–water partition coefficient (Wildman–Crippen LogP) is 5.95. The fourth-order valence-corrected chi connectivity index (χ4v) is 4.75. The molecule has 210 valence electrons. The third kappa shape index (κ3) is 12.5. The molecule has 2 aromatic rings. The Morgan fingerprint density at radius 3 is 1.95 bits per heavy atom. The largest absolute Gasteiger partial charge is 0.444 e. The zero-order chi connectivity index (χ0) is 28.9. The molecule has 0 heterocycles. The second-order valence-corrected chi connectivity index (χ2v) is 11.8. The molecule has 0 bridgehead atoms. The molecule has 0 saturated carbocycles. The summed E-state index contributed by atoms with van der Waals surface area (Å²) in [5.74, 6) is 1.08. The summed E-state index contributed by atoms with van der Waals surface area (Å²) in [7, 11) is -1.11. The fraction of sp³-hybridized carbons (Fsp3) is 0.500. The van der Waals surface area contributed by atoms with E-state index >= 15 is 0 Å². The molecule has 10 nitrogen and oxygen atoms in total. The zero-order valence-electron chi connectivity index (χ0n) is 22.8. The van der Waals surface area contributed by atoms with Crippen LogP contribution in [0.3, 0.4) is 0 Å². The van der Waals surface area contributed by atoms with Crippen LogP contribution in [0.15, 0.2) is 36.4 Å². The molecule has 1 unspecified atom stereocenters. The molecule has 2 aromatic carbocycles. The molecule has 0 aromatic heterocycles. The lowest BCUT2D eigenvalue weighted by Crippen LogP contribution is -2.33. The maximum atomic E-state index is 11.6. The van der Waals surface area contributed by atoms with Gasteiger partial charge in [0.25, 0.3) is 11.4 Å². The first kappa shape index (κ1) is 33.0. The van der Waals surface area contributed by atoms with E-state index in [9.17, 15) is 29.2 Å². The molecular formula is C26H37N3O7S2. The molecule has 0 spiro atoms. The quantitative estimate of drug-likeness (QED) is 0.259. The number of thioether (sulfide) groups is 1. The van der Waals surface area contributed by atoms with Gasteiger partial charge in [-0.2, -0.15) is 11.8 Å². The SMILES string of the molecule is CCCc1ccc([N+](=O)[O-])cc1CSC.CS(=O)Cc1cc([N+](=O)[O-])ccc1CCNC(=O)OC(C)(C)C. The van der Waals surface area contributed by atoms with Crippen molar-refractivity contribution in [2.45, 2.75) is 64.1 Å². The van der Waals surface area contributed by atoms with E-state index in [1.54, 1.807) is 57.0 Å². The number of benzene rings is 2. The summed E-state index contributed by atoms with van der Waals surface area (Å²) in [6.07, 6.45) is 5.58. The second kappa shape index (κ2) is 16.1. The number of nitrogens with one attached hydrogen (secondary N) is 1. The Hall–Kier alpha value is -2.99. The third-order valence-electron chi connectivity index (χ3n) is 5.04. The van der Waals surface area contributed by atoms with Crippen LogP contribution in [0, 0.1) is 20.2 Å². The Kier molecular flexibility index (Phi) is 14.0. The first-order valence-corrected chi connectivity index (χ1v) is 15.2. The van der Waals surface area contributed by atoms with Crippen LogP contribution in [0.5, 0.6) is 0 Å². The number of nitro groups is 2. The number of non-ortho nitro benzene ring substituents is 2. The third-order valence-corrected chi connectivity index (χ3v) is 6.36. The van der Waals surface area contributed by atoms with E-state index in [1.165, 1.54) is 17.7 Å². The summed E-state index contributed by atoms with van der Waals surface area (Å²) in [5.41, 5.74) is 3.40. The van der Waals surface area contributed by atoms with Gasteiger partial charge in [0.15, 0.2) is 0 Å². The highest BCUT2D eigenvalue weighted by molar-refractivity contribution is 7.97. The van der Waals surface area contributed by atoms with E-state index in [1.807, 2.05) is 12.3 Å². The first-order chi connectivity index (χ1) is 17.8. The van der Waals surface area contributed by atoms with Crippen LogP contribution in [0.4, 0.5) is 16.2 Å². The van der Waals surface area contributed by atoms with Crippen molar-refractivity contribution in [3.63, 3.8) is 0 Å². The Morgan fingerprint density at radius 1 is 0.974 bits per heavy atom. The molecule has 0 aliphatic carbocycles. The van der Waals surface area contributed by atoms with Gasteiger partial charge in [-0.15, -0.1) is 0 Å². The van der Waals surface area contributed by atoms with Gasteiger partial charge in [-0.3, -0.25) is 24.4 Å². The molecule has 12 heteroatoms. The average molecular weight is 568 g/mol. The maximum absolute atomic E-state index is 11.6. The Balaban J connectivity index is 0.000000415. The van der Waals surface area contributed by atoms with Crippen LogP contribution in [0.1, 0.15) is 56.4 Å². The molecule has 0 saturated heterocycles.